The van der Waals surface area contributed by atoms with Crippen LogP contribution in [0.2, 0.25) is 0 Å². The number of rotatable bonds is 2. The minimum atomic E-state index is -4.35. The topological polar surface area (TPSA) is 37.8 Å². The van der Waals surface area contributed by atoms with E-state index in [2.05, 4.69) is 14.1 Å². The first kappa shape index (κ1) is 11.8. The molecule has 2 aromatic rings. The first-order valence-corrected chi connectivity index (χ1v) is 5.43. The van der Waals surface area contributed by atoms with Crippen molar-refractivity contribution in [3.05, 3.63) is 29.8 Å². The minimum absolute atomic E-state index is 0.401. The molecule has 0 saturated heterocycles. The summed E-state index contributed by atoms with van der Waals surface area (Å²) in [4.78, 5) is 0. The van der Waals surface area contributed by atoms with Crippen molar-refractivity contribution in [2.24, 2.45) is 0 Å². The Balaban J connectivity index is 2.47. The smallest absolute Gasteiger partial charge is 0.370 e. The molecule has 1 N–H and O–H groups in total. The number of hydrogen-bond acceptors (Lipinski definition) is 4. The summed E-state index contributed by atoms with van der Waals surface area (Å²) in [5.74, 6) is 0.481. The molecule has 90 valence electrons. The number of nitrogens with zero attached hydrogens (tertiary/aromatic N) is 2. The third-order valence-electron chi connectivity index (χ3n) is 2.19. The van der Waals surface area contributed by atoms with Gasteiger partial charge in [0, 0.05) is 12.6 Å². The van der Waals surface area contributed by atoms with Crippen LogP contribution >= 0.6 is 11.7 Å². The lowest BCUT2D eigenvalue weighted by Gasteiger charge is -2.07. The summed E-state index contributed by atoms with van der Waals surface area (Å²) in [6, 6.07) is 5.03. The molecule has 1 aromatic carbocycles. The van der Waals surface area contributed by atoms with Crippen LogP contribution in [-0.4, -0.2) is 15.8 Å². The van der Waals surface area contributed by atoms with Gasteiger partial charge in [-0.3, -0.25) is 0 Å². The van der Waals surface area contributed by atoms with E-state index in [-0.39, 0.29) is 0 Å². The quantitative estimate of drug-likeness (QED) is 0.899. The summed E-state index contributed by atoms with van der Waals surface area (Å²) in [5.41, 5.74) is 0.145. The SMILES string of the molecule is CNc1nsnc1-c1cccc(C(F)(F)F)c1. The molecule has 0 amide bonds. The van der Waals surface area contributed by atoms with Gasteiger partial charge in [-0.25, -0.2) is 0 Å². The summed E-state index contributed by atoms with van der Waals surface area (Å²) in [6.45, 7) is 0. The number of aromatic nitrogens is 2. The number of anilines is 1. The molecule has 0 atom stereocenters. The molecule has 0 fully saturated rings. The van der Waals surface area contributed by atoms with Gasteiger partial charge in [0.2, 0.25) is 0 Å². The van der Waals surface area contributed by atoms with Crippen LogP contribution in [0.4, 0.5) is 19.0 Å². The summed E-state index contributed by atoms with van der Waals surface area (Å²) < 4.78 is 45.6. The lowest BCUT2D eigenvalue weighted by atomic mass is 10.1. The highest BCUT2D eigenvalue weighted by atomic mass is 32.1. The van der Waals surface area contributed by atoms with Gasteiger partial charge in [-0.15, -0.1) is 0 Å². The zero-order chi connectivity index (χ0) is 12.5. The fourth-order valence-electron chi connectivity index (χ4n) is 1.38. The van der Waals surface area contributed by atoms with Crippen molar-refractivity contribution >= 4 is 17.5 Å². The Bertz CT molecular complexity index is 522. The van der Waals surface area contributed by atoms with Gasteiger partial charge >= 0.3 is 6.18 Å². The average molecular weight is 259 g/mol. The minimum Gasteiger partial charge on any atom is -0.370 e. The number of benzene rings is 1. The Morgan fingerprint density at radius 1 is 1.24 bits per heavy atom. The van der Waals surface area contributed by atoms with E-state index >= 15 is 0 Å². The van der Waals surface area contributed by atoms with Gasteiger partial charge in [0.15, 0.2) is 5.82 Å². The van der Waals surface area contributed by atoms with E-state index in [0.29, 0.717) is 17.1 Å². The van der Waals surface area contributed by atoms with E-state index in [4.69, 9.17) is 0 Å². The van der Waals surface area contributed by atoms with Crippen molar-refractivity contribution in [3.8, 4) is 11.3 Å². The van der Waals surface area contributed by atoms with Crippen LogP contribution in [0.25, 0.3) is 11.3 Å². The molecule has 0 saturated carbocycles. The highest BCUT2D eigenvalue weighted by molar-refractivity contribution is 6.99. The van der Waals surface area contributed by atoms with Gasteiger partial charge in [-0.1, -0.05) is 12.1 Å². The van der Waals surface area contributed by atoms with Gasteiger partial charge in [0.1, 0.15) is 5.69 Å². The van der Waals surface area contributed by atoms with Crippen molar-refractivity contribution in [2.45, 2.75) is 6.18 Å². The molecule has 0 unspecified atom stereocenters. The molecule has 0 aliphatic heterocycles. The van der Waals surface area contributed by atoms with Gasteiger partial charge in [-0.05, 0) is 12.1 Å². The Labute approximate surface area is 99.6 Å². The third-order valence-corrected chi connectivity index (χ3v) is 2.72. The van der Waals surface area contributed by atoms with Crippen molar-refractivity contribution in [3.63, 3.8) is 0 Å². The number of halogens is 3. The second-order valence-corrected chi connectivity index (χ2v) is 3.82. The van der Waals surface area contributed by atoms with E-state index in [0.717, 1.165) is 23.9 Å². The number of nitrogens with one attached hydrogen (secondary N) is 1. The maximum Gasteiger partial charge on any atom is 0.416 e. The molecule has 17 heavy (non-hydrogen) atoms. The maximum absolute atomic E-state index is 12.5. The predicted octanol–water partition coefficient (Wildman–Crippen LogP) is 3.27. The summed E-state index contributed by atoms with van der Waals surface area (Å²) in [7, 11) is 1.65. The second kappa shape index (κ2) is 4.33. The summed E-state index contributed by atoms with van der Waals surface area (Å²) in [6.07, 6.45) is -4.35. The first-order chi connectivity index (χ1) is 8.02. The fraction of sp³-hybridized carbons (Fsp3) is 0.200. The third kappa shape index (κ3) is 2.38. The van der Waals surface area contributed by atoms with Gasteiger partial charge in [0.05, 0.1) is 17.3 Å². The lowest BCUT2D eigenvalue weighted by Crippen LogP contribution is -2.04. The second-order valence-electron chi connectivity index (χ2n) is 3.29. The molecule has 0 aliphatic carbocycles. The van der Waals surface area contributed by atoms with E-state index in [1.54, 1.807) is 13.1 Å². The Morgan fingerprint density at radius 3 is 2.65 bits per heavy atom. The Hall–Kier alpha value is -1.63. The fourth-order valence-corrected chi connectivity index (χ4v) is 1.96. The monoisotopic (exact) mass is 259 g/mol. The first-order valence-electron chi connectivity index (χ1n) is 4.70. The molecule has 3 nitrogen and oxygen atoms in total. The zero-order valence-electron chi connectivity index (χ0n) is 8.75. The van der Waals surface area contributed by atoms with Crippen molar-refractivity contribution in [1.29, 1.82) is 0 Å². The lowest BCUT2D eigenvalue weighted by molar-refractivity contribution is -0.137. The molecule has 0 bridgehead atoms. The van der Waals surface area contributed by atoms with Crippen LogP contribution in [0.1, 0.15) is 5.56 Å². The average Bonchev–Trinajstić information content (AvgIpc) is 2.76. The van der Waals surface area contributed by atoms with Crippen LogP contribution < -0.4 is 5.32 Å². The summed E-state index contributed by atoms with van der Waals surface area (Å²) in [5, 5.41) is 2.79. The molecule has 0 spiro atoms. The van der Waals surface area contributed by atoms with Gasteiger partial charge in [-0.2, -0.15) is 21.9 Å². The Kier molecular flexibility index (Phi) is 3.01. The van der Waals surface area contributed by atoms with Crippen LogP contribution in [0.15, 0.2) is 24.3 Å². The molecular weight excluding hydrogens is 251 g/mol. The van der Waals surface area contributed by atoms with E-state index in [9.17, 15) is 13.2 Å². The van der Waals surface area contributed by atoms with E-state index in [1.807, 2.05) is 0 Å². The van der Waals surface area contributed by atoms with Gasteiger partial charge < -0.3 is 5.32 Å². The van der Waals surface area contributed by atoms with E-state index < -0.39 is 11.7 Å². The molecule has 7 heteroatoms. The predicted molar refractivity (Wildman–Crippen MR) is 59.9 cm³/mol. The maximum atomic E-state index is 12.5. The zero-order valence-corrected chi connectivity index (χ0v) is 9.56. The van der Waals surface area contributed by atoms with Crippen molar-refractivity contribution in [2.75, 3.05) is 12.4 Å². The molecule has 1 aromatic heterocycles. The Morgan fingerprint density at radius 2 is 2.00 bits per heavy atom. The summed E-state index contributed by atoms with van der Waals surface area (Å²) >= 11 is 0.955. The highest BCUT2D eigenvalue weighted by Crippen LogP contribution is 2.33. The largest absolute Gasteiger partial charge is 0.416 e. The van der Waals surface area contributed by atoms with Crippen LogP contribution in [0, 0.1) is 0 Å². The highest BCUT2D eigenvalue weighted by Gasteiger charge is 2.30. The van der Waals surface area contributed by atoms with Crippen LogP contribution in [-0.2, 0) is 6.18 Å². The molecule has 0 aliphatic rings. The van der Waals surface area contributed by atoms with E-state index in [1.165, 1.54) is 6.07 Å². The van der Waals surface area contributed by atoms with Gasteiger partial charge in [0.25, 0.3) is 0 Å². The molecule has 2 rings (SSSR count). The van der Waals surface area contributed by atoms with Crippen molar-refractivity contribution in [1.82, 2.24) is 8.75 Å². The van der Waals surface area contributed by atoms with Crippen molar-refractivity contribution < 1.29 is 13.2 Å². The standard InChI is InChI=1S/C10H8F3N3S/c1-14-9-8(15-17-16-9)6-3-2-4-7(5-6)10(11,12)13/h2-5H,1H3,(H,14,16). The molecule has 0 radical (unpaired) electrons. The molecular formula is C10H8F3N3S. The normalized spacial score (nSPS) is 11.5. The van der Waals surface area contributed by atoms with Crippen LogP contribution in [0.3, 0.4) is 0 Å². The number of hydrogen-bond donors (Lipinski definition) is 1. The number of alkyl halides is 3. The van der Waals surface area contributed by atoms with Crippen LogP contribution in [0.5, 0.6) is 0 Å². The molecule has 1 heterocycles.